The van der Waals surface area contributed by atoms with Crippen LogP contribution in [-0.2, 0) is 9.53 Å². The molecule has 0 aliphatic rings. The lowest BCUT2D eigenvalue weighted by Gasteiger charge is -2.09. The molecule has 4 nitrogen and oxygen atoms in total. The van der Waals surface area contributed by atoms with E-state index in [1.165, 1.54) is 0 Å². The largest absolute Gasteiger partial charge is 0.463 e. The van der Waals surface area contributed by atoms with Gasteiger partial charge in [0, 0.05) is 6.54 Å². The van der Waals surface area contributed by atoms with Crippen molar-refractivity contribution in [2.24, 2.45) is 0 Å². The second-order valence-corrected chi connectivity index (χ2v) is 2.55. The van der Waals surface area contributed by atoms with Gasteiger partial charge in [-0.05, 0) is 21.1 Å². The second-order valence-electron chi connectivity index (χ2n) is 2.55. The summed E-state index contributed by atoms with van der Waals surface area (Å²) in [6, 6.07) is 0. The molecule has 0 saturated carbocycles. The Kier molecular flexibility index (Phi) is 5.78. The summed E-state index contributed by atoms with van der Waals surface area (Å²) in [6.07, 6.45) is 0. The molecule has 0 aromatic heterocycles. The van der Waals surface area contributed by atoms with Crippen molar-refractivity contribution in [3.8, 4) is 0 Å². The number of hydrogen-bond acceptors (Lipinski definition) is 4. The molecule has 66 valence electrons. The second kappa shape index (κ2) is 6.12. The van der Waals surface area contributed by atoms with Crippen molar-refractivity contribution in [3.05, 3.63) is 0 Å². The molecular formula is C7H16N2O2. The van der Waals surface area contributed by atoms with Crippen LogP contribution in [0.2, 0.25) is 0 Å². The van der Waals surface area contributed by atoms with Crippen molar-refractivity contribution in [1.82, 2.24) is 10.2 Å². The number of likely N-dealkylation sites (N-methyl/N-ethyl adjacent to an activating group) is 2. The molecule has 0 aromatic carbocycles. The van der Waals surface area contributed by atoms with Crippen molar-refractivity contribution < 1.29 is 9.53 Å². The lowest BCUT2D eigenvalue weighted by atomic mass is 10.6. The Morgan fingerprint density at radius 1 is 1.55 bits per heavy atom. The van der Waals surface area contributed by atoms with Crippen LogP contribution in [0, 0.1) is 0 Å². The molecule has 0 saturated heterocycles. The fraction of sp³-hybridized carbons (Fsp3) is 0.857. The Hall–Kier alpha value is -0.610. The molecule has 0 fully saturated rings. The van der Waals surface area contributed by atoms with Crippen LogP contribution in [-0.4, -0.2) is 51.7 Å². The molecule has 0 aliphatic carbocycles. The highest BCUT2D eigenvalue weighted by Crippen LogP contribution is 1.79. The summed E-state index contributed by atoms with van der Waals surface area (Å²) in [6.45, 7) is 1.52. The lowest BCUT2D eigenvalue weighted by Crippen LogP contribution is -2.25. The van der Waals surface area contributed by atoms with Gasteiger partial charge in [0.15, 0.2) is 0 Å². The van der Waals surface area contributed by atoms with E-state index in [0.29, 0.717) is 6.61 Å². The van der Waals surface area contributed by atoms with E-state index in [0.717, 1.165) is 6.54 Å². The maximum Gasteiger partial charge on any atom is 0.319 e. The first kappa shape index (κ1) is 10.4. The summed E-state index contributed by atoms with van der Waals surface area (Å²) < 4.78 is 4.85. The van der Waals surface area contributed by atoms with Gasteiger partial charge in [-0.15, -0.1) is 0 Å². The Bertz CT molecular complexity index is 115. The van der Waals surface area contributed by atoms with Crippen LogP contribution in [0.25, 0.3) is 0 Å². The first-order chi connectivity index (χ1) is 5.16. The predicted molar refractivity (Wildman–Crippen MR) is 43.4 cm³/mol. The van der Waals surface area contributed by atoms with Gasteiger partial charge in [-0.2, -0.15) is 0 Å². The molecule has 4 heteroatoms. The molecule has 1 N–H and O–H groups in total. The van der Waals surface area contributed by atoms with E-state index in [4.69, 9.17) is 4.74 Å². The summed E-state index contributed by atoms with van der Waals surface area (Å²) in [5, 5.41) is 2.72. The van der Waals surface area contributed by atoms with Gasteiger partial charge in [0.05, 0.1) is 6.54 Å². The van der Waals surface area contributed by atoms with E-state index < -0.39 is 0 Å². The zero-order chi connectivity index (χ0) is 8.69. The van der Waals surface area contributed by atoms with Crippen LogP contribution < -0.4 is 5.32 Å². The molecule has 0 spiro atoms. The third-order valence-corrected chi connectivity index (χ3v) is 1.12. The molecule has 0 bridgehead atoms. The number of hydrogen-bond donors (Lipinski definition) is 1. The average molecular weight is 160 g/mol. The van der Waals surface area contributed by atoms with Gasteiger partial charge in [-0.25, -0.2) is 0 Å². The van der Waals surface area contributed by atoms with E-state index in [-0.39, 0.29) is 12.5 Å². The SMILES string of the molecule is CNCC(=O)OCCN(C)C. The maximum atomic E-state index is 10.7. The van der Waals surface area contributed by atoms with E-state index in [9.17, 15) is 4.79 Å². The van der Waals surface area contributed by atoms with Crippen molar-refractivity contribution >= 4 is 5.97 Å². The van der Waals surface area contributed by atoms with Gasteiger partial charge in [0.2, 0.25) is 0 Å². The van der Waals surface area contributed by atoms with Gasteiger partial charge in [-0.1, -0.05) is 0 Å². The molecule has 0 unspecified atom stereocenters. The predicted octanol–water partition coefficient (Wildman–Crippen LogP) is -0.689. The van der Waals surface area contributed by atoms with E-state index >= 15 is 0 Å². The van der Waals surface area contributed by atoms with Gasteiger partial charge >= 0.3 is 5.97 Å². The van der Waals surface area contributed by atoms with E-state index in [2.05, 4.69) is 5.32 Å². The van der Waals surface area contributed by atoms with Gasteiger partial charge in [0.1, 0.15) is 6.61 Å². The van der Waals surface area contributed by atoms with Crippen molar-refractivity contribution in [3.63, 3.8) is 0 Å². The summed E-state index contributed by atoms with van der Waals surface area (Å²) in [5.74, 6) is -0.200. The van der Waals surface area contributed by atoms with Gasteiger partial charge in [-0.3, -0.25) is 4.79 Å². The van der Waals surface area contributed by atoms with E-state index in [1.807, 2.05) is 19.0 Å². The third kappa shape index (κ3) is 7.29. The quantitative estimate of drug-likeness (QED) is 0.541. The van der Waals surface area contributed by atoms with Gasteiger partial charge < -0.3 is 15.0 Å². The monoisotopic (exact) mass is 160 g/mol. The molecule has 0 radical (unpaired) electrons. The van der Waals surface area contributed by atoms with Gasteiger partial charge in [0.25, 0.3) is 0 Å². The highest BCUT2D eigenvalue weighted by molar-refractivity contribution is 5.71. The number of carbonyl (C=O) groups excluding carboxylic acids is 1. The molecule has 0 rings (SSSR count). The van der Waals surface area contributed by atoms with Crippen LogP contribution in [0.3, 0.4) is 0 Å². The minimum Gasteiger partial charge on any atom is -0.463 e. The van der Waals surface area contributed by atoms with Crippen LogP contribution in [0.15, 0.2) is 0 Å². The third-order valence-electron chi connectivity index (χ3n) is 1.12. The highest BCUT2D eigenvalue weighted by atomic mass is 16.5. The van der Waals surface area contributed by atoms with Crippen molar-refractivity contribution in [2.75, 3.05) is 40.8 Å². The Morgan fingerprint density at radius 2 is 2.18 bits per heavy atom. The van der Waals surface area contributed by atoms with Crippen molar-refractivity contribution in [2.45, 2.75) is 0 Å². The first-order valence-electron chi connectivity index (χ1n) is 3.61. The minimum absolute atomic E-state index is 0.200. The topological polar surface area (TPSA) is 41.6 Å². The molecule has 0 aliphatic heterocycles. The Labute approximate surface area is 67.5 Å². The number of ether oxygens (including phenoxy) is 1. The van der Waals surface area contributed by atoms with Crippen molar-refractivity contribution in [1.29, 1.82) is 0 Å². The zero-order valence-electron chi connectivity index (χ0n) is 7.39. The molecule has 0 aromatic rings. The maximum absolute atomic E-state index is 10.7. The molecule has 0 atom stereocenters. The van der Waals surface area contributed by atoms with Crippen LogP contribution in [0.1, 0.15) is 0 Å². The fourth-order valence-electron chi connectivity index (χ4n) is 0.537. The average Bonchev–Trinajstić information content (AvgIpc) is 1.87. The minimum atomic E-state index is -0.200. The number of nitrogens with zero attached hydrogens (tertiary/aromatic N) is 1. The van der Waals surface area contributed by atoms with E-state index in [1.54, 1.807) is 7.05 Å². The first-order valence-corrected chi connectivity index (χ1v) is 3.61. The smallest absolute Gasteiger partial charge is 0.319 e. The van der Waals surface area contributed by atoms with Crippen LogP contribution in [0.4, 0.5) is 0 Å². The summed E-state index contributed by atoms with van der Waals surface area (Å²) in [5.41, 5.74) is 0. The zero-order valence-corrected chi connectivity index (χ0v) is 7.39. The van der Waals surface area contributed by atoms with Crippen LogP contribution >= 0.6 is 0 Å². The Morgan fingerprint density at radius 3 is 2.64 bits per heavy atom. The number of rotatable bonds is 5. The van der Waals surface area contributed by atoms with Crippen LogP contribution in [0.5, 0.6) is 0 Å². The Balaban J connectivity index is 3.17. The summed E-state index contributed by atoms with van der Waals surface area (Å²) >= 11 is 0. The number of nitrogens with one attached hydrogen (secondary N) is 1. The standard InChI is InChI=1S/C7H16N2O2/c1-8-6-7(10)11-5-4-9(2)3/h8H,4-6H2,1-3H3. The lowest BCUT2D eigenvalue weighted by molar-refractivity contribution is -0.142. The molecule has 0 amide bonds. The number of carbonyl (C=O) groups is 1. The number of esters is 1. The molecular weight excluding hydrogens is 144 g/mol. The fourth-order valence-corrected chi connectivity index (χ4v) is 0.537. The normalized spacial score (nSPS) is 10.2. The highest BCUT2D eigenvalue weighted by Gasteiger charge is 1.99. The molecule has 11 heavy (non-hydrogen) atoms. The summed E-state index contributed by atoms with van der Waals surface area (Å²) in [7, 11) is 5.59. The summed E-state index contributed by atoms with van der Waals surface area (Å²) in [4.78, 5) is 12.7. The molecule has 0 heterocycles.